The lowest BCUT2D eigenvalue weighted by Crippen LogP contribution is -2.37. The fourth-order valence-electron chi connectivity index (χ4n) is 3.79. The number of aromatic nitrogens is 5. The second kappa shape index (κ2) is 4.78. The van der Waals surface area contributed by atoms with Crippen LogP contribution in [-0.4, -0.2) is 23.9 Å². The van der Waals surface area contributed by atoms with E-state index in [2.05, 4.69) is 21.7 Å². The molecule has 0 aliphatic heterocycles. The number of aryl methyl sites for hydroxylation is 3. The van der Waals surface area contributed by atoms with Gasteiger partial charge in [0.2, 0.25) is 0 Å². The minimum atomic E-state index is -0.374. The molecule has 120 valence electrons. The Balaban J connectivity index is 2.29. The highest BCUT2D eigenvalue weighted by Crippen LogP contribution is 2.34. The summed E-state index contributed by atoms with van der Waals surface area (Å²) in [7, 11) is 3.15. The first-order valence-electron chi connectivity index (χ1n) is 8.02. The first-order chi connectivity index (χ1) is 11.1. The van der Waals surface area contributed by atoms with Gasteiger partial charge in [-0.3, -0.25) is 13.9 Å². The van der Waals surface area contributed by atoms with Crippen molar-refractivity contribution < 1.29 is 0 Å². The standard InChI is InChI=1S/C16H19N5O2/c1-4-8-21-10-7-5-6-9(10)11-12-13(17-18-14(11)21)19(2)16(23)20(3)15(12)22/h4-8H2,1-3H3. The van der Waals surface area contributed by atoms with E-state index in [1.807, 2.05) is 0 Å². The minimum absolute atomic E-state index is 0.286. The molecule has 0 aromatic carbocycles. The zero-order valence-electron chi connectivity index (χ0n) is 13.6. The Hall–Kier alpha value is -2.44. The van der Waals surface area contributed by atoms with Crippen molar-refractivity contribution in [1.82, 2.24) is 23.9 Å². The summed E-state index contributed by atoms with van der Waals surface area (Å²) in [6.07, 6.45) is 4.07. The maximum absolute atomic E-state index is 12.8. The first-order valence-corrected chi connectivity index (χ1v) is 8.02. The topological polar surface area (TPSA) is 74.7 Å². The Kier molecular flexibility index (Phi) is 2.94. The van der Waals surface area contributed by atoms with Crippen LogP contribution in [0.1, 0.15) is 31.0 Å². The average molecular weight is 313 g/mol. The van der Waals surface area contributed by atoms with Crippen molar-refractivity contribution in [2.75, 3.05) is 0 Å². The molecule has 0 amide bonds. The molecule has 0 spiro atoms. The molecule has 0 atom stereocenters. The van der Waals surface area contributed by atoms with E-state index in [9.17, 15) is 9.59 Å². The van der Waals surface area contributed by atoms with Gasteiger partial charge in [-0.1, -0.05) is 6.92 Å². The van der Waals surface area contributed by atoms with Crippen molar-refractivity contribution >= 4 is 22.1 Å². The van der Waals surface area contributed by atoms with Crippen molar-refractivity contribution in [2.45, 2.75) is 39.2 Å². The monoisotopic (exact) mass is 313 g/mol. The van der Waals surface area contributed by atoms with Crippen molar-refractivity contribution in [1.29, 1.82) is 0 Å². The minimum Gasteiger partial charge on any atom is -0.328 e. The summed E-state index contributed by atoms with van der Waals surface area (Å²) in [5.41, 5.74) is 2.98. The van der Waals surface area contributed by atoms with Gasteiger partial charge >= 0.3 is 5.69 Å². The predicted octanol–water partition coefficient (Wildman–Crippen LogP) is 0.881. The van der Waals surface area contributed by atoms with Crippen LogP contribution in [0.4, 0.5) is 0 Å². The van der Waals surface area contributed by atoms with Gasteiger partial charge in [0, 0.05) is 31.7 Å². The first kappa shape index (κ1) is 14.2. The van der Waals surface area contributed by atoms with Crippen LogP contribution >= 0.6 is 0 Å². The molecule has 0 saturated heterocycles. The van der Waals surface area contributed by atoms with E-state index in [1.54, 1.807) is 7.05 Å². The van der Waals surface area contributed by atoms with E-state index in [0.717, 1.165) is 47.8 Å². The molecule has 0 bridgehead atoms. The fraction of sp³-hybridized carbons (Fsp3) is 0.500. The van der Waals surface area contributed by atoms with E-state index < -0.39 is 0 Å². The van der Waals surface area contributed by atoms with Gasteiger partial charge in [-0.25, -0.2) is 4.79 Å². The maximum atomic E-state index is 12.8. The Morgan fingerprint density at radius 2 is 1.74 bits per heavy atom. The largest absolute Gasteiger partial charge is 0.332 e. The van der Waals surface area contributed by atoms with Crippen molar-refractivity contribution in [3.05, 3.63) is 32.1 Å². The third-order valence-corrected chi connectivity index (χ3v) is 4.87. The van der Waals surface area contributed by atoms with Crippen LogP contribution in [0.25, 0.3) is 22.1 Å². The average Bonchev–Trinajstić information content (AvgIpc) is 3.13. The molecule has 0 N–H and O–H groups in total. The number of hydrogen-bond acceptors (Lipinski definition) is 4. The quantitative estimate of drug-likeness (QED) is 0.704. The van der Waals surface area contributed by atoms with Crippen molar-refractivity contribution in [3.8, 4) is 0 Å². The summed E-state index contributed by atoms with van der Waals surface area (Å²) in [5, 5.41) is 9.99. The van der Waals surface area contributed by atoms with E-state index in [1.165, 1.54) is 22.9 Å². The van der Waals surface area contributed by atoms with Gasteiger partial charge in [0.1, 0.15) is 0 Å². The second-order valence-corrected chi connectivity index (χ2v) is 6.23. The van der Waals surface area contributed by atoms with Crippen molar-refractivity contribution in [3.63, 3.8) is 0 Å². The molecule has 0 saturated carbocycles. The van der Waals surface area contributed by atoms with E-state index in [-0.39, 0.29) is 11.2 Å². The van der Waals surface area contributed by atoms with E-state index in [0.29, 0.717) is 11.0 Å². The number of rotatable bonds is 2. The lowest BCUT2D eigenvalue weighted by atomic mass is 10.1. The Bertz CT molecular complexity index is 1070. The molecule has 3 aromatic rings. The van der Waals surface area contributed by atoms with Gasteiger partial charge in [-0.15, -0.1) is 10.2 Å². The van der Waals surface area contributed by atoms with Gasteiger partial charge < -0.3 is 4.57 Å². The Morgan fingerprint density at radius 1 is 1.00 bits per heavy atom. The summed E-state index contributed by atoms with van der Waals surface area (Å²) < 4.78 is 4.76. The van der Waals surface area contributed by atoms with Gasteiger partial charge in [-0.2, -0.15) is 0 Å². The molecule has 3 heterocycles. The summed E-state index contributed by atoms with van der Waals surface area (Å²) in [6.45, 7) is 3.00. The maximum Gasteiger partial charge on any atom is 0.332 e. The van der Waals surface area contributed by atoms with Crippen molar-refractivity contribution in [2.24, 2.45) is 14.1 Å². The van der Waals surface area contributed by atoms with E-state index >= 15 is 0 Å². The molecule has 1 aliphatic rings. The molecule has 7 heteroatoms. The number of nitrogens with zero attached hydrogens (tertiary/aromatic N) is 5. The molecular weight excluding hydrogens is 294 g/mol. The SMILES string of the molecule is CCCn1c2c(c3c4c(=O)n(C)c(=O)n(C)c4nnc31)CCC2. The van der Waals surface area contributed by atoms with Crippen LogP contribution in [0.15, 0.2) is 9.59 Å². The highest BCUT2D eigenvalue weighted by Gasteiger charge is 2.26. The van der Waals surface area contributed by atoms with Gasteiger partial charge in [0.25, 0.3) is 5.56 Å². The highest BCUT2D eigenvalue weighted by atomic mass is 16.2. The molecule has 0 fully saturated rings. The Morgan fingerprint density at radius 3 is 2.48 bits per heavy atom. The molecular formula is C16H19N5O2. The van der Waals surface area contributed by atoms with Gasteiger partial charge in [0.15, 0.2) is 11.3 Å². The predicted molar refractivity (Wildman–Crippen MR) is 87.8 cm³/mol. The van der Waals surface area contributed by atoms with Crippen LogP contribution in [0.3, 0.4) is 0 Å². The molecule has 23 heavy (non-hydrogen) atoms. The molecule has 4 rings (SSSR count). The second-order valence-electron chi connectivity index (χ2n) is 6.23. The van der Waals surface area contributed by atoms with Crippen LogP contribution in [0.2, 0.25) is 0 Å². The van der Waals surface area contributed by atoms with Crippen LogP contribution in [0, 0.1) is 0 Å². The molecule has 0 unspecified atom stereocenters. The summed E-state index contributed by atoms with van der Waals surface area (Å²) in [6, 6.07) is 0. The number of fused-ring (bicyclic) bond motifs is 5. The van der Waals surface area contributed by atoms with Crippen LogP contribution < -0.4 is 11.2 Å². The zero-order valence-corrected chi connectivity index (χ0v) is 13.6. The van der Waals surface area contributed by atoms with Crippen LogP contribution in [0.5, 0.6) is 0 Å². The zero-order chi connectivity index (χ0) is 16.3. The highest BCUT2D eigenvalue weighted by molar-refractivity contribution is 6.04. The smallest absolute Gasteiger partial charge is 0.328 e. The normalized spacial score (nSPS) is 14.0. The van der Waals surface area contributed by atoms with Gasteiger partial charge in [-0.05, 0) is 31.2 Å². The summed E-state index contributed by atoms with van der Waals surface area (Å²) >= 11 is 0. The lowest BCUT2D eigenvalue weighted by Gasteiger charge is -2.09. The fourth-order valence-corrected chi connectivity index (χ4v) is 3.79. The molecule has 3 aromatic heterocycles. The molecule has 7 nitrogen and oxygen atoms in total. The van der Waals surface area contributed by atoms with Gasteiger partial charge in [0.05, 0.1) is 5.39 Å². The third-order valence-electron chi connectivity index (χ3n) is 4.87. The summed E-state index contributed by atoms with van der Waals surface area (Å²) in [4.78, 5) is 24.9. The molecule has 1 aliphatic carbocycles. The molecule has 0 radical (unpaired) electrons. The van der Waals surface area contributed by atoms with E-state index in [4.69, 9.17) is 0 Å². The Labute approximate surface area is 132 Å². The third kappa shape index (κ3) is 1.70. The lowest BCUT2D eigenvalue weighted by molar-refractivity contribution is 0.660. The number of hydrogen-bond donors (Lipinski definition) is 0. The van der Waals surface area contributed by atoms with Crippen LogP contribution in [-0.2, 0) is 33.5 Å². The summed E-state index contributed by atoms with van der Waals surface area (Å²) in [5.74, 6) is 0.